The first-order valence-corrected chi connectivity index (χ1v) is 7.00. The Morgan fingerprint density at radius 3 is 2.61 bits per heavy atom. The molecule has 0 radical (unpaired) electrons. The highest BCUT2D eigenvalue weighted by Gasteiger charge is 2.22. The molecule has 0 spiro atoms. The Balaban J connectivity index is 0.00000162. The Morgan fingerprint density at radius 2 is 2.06 bits per heavy atom. The average molecular weight is 381 g/mol. The first-order valence-electron chi connectivity index (χ1n) is 5.92. The van der Waals surface area contributed by atoms with Crippen molar-refractivity contribution in [3.05, 3.63) is 33.4 Å². The zero-order valence-corrected chi connectivity index (χ0v) is 13.3. The number of halogens is 2. The highest BCUT2D eigenvalue weighted by Crippen LogP contribution is 2.14. The summed E-state index contributed by atoms with van der Waals surface area (Å²) in [6.07, 6.45) is 2.24. The van der Waals surface area contributed by atoms with Crippen LogP contribution in [0.25, 0.3) is 0 Å². The minimum Gasteiger partial charge on any atom is -0.337 e. The Hall–Kier alpha value is -0.330. The average Bonchev–Trinajstić information content (AvgIpc) is 2.39. The number of likely N-dealkylation sites (N-methyl/N-ethyl adjacent to an activating group) is 1. The van der Waals surface area contributed by atoms with Gasteiger partial charge >= 0.3 is 0 Å². The maximum absolute atomic E-state index is 12.3. The molecule has 0 aliphatic carbocycles. The molecule has 5 heteroatoms. The highest BCUT2D eigenvalue weighted by molar-refractivity contribution is 14.1. The zero-order valence-electron chi connectivity index (χ0n) is 10.4. The van der Waals surface area contributed by atoms with Gasteiger partial charge in [-0.25, -0.2) is 0 Å². The second-order valence-electron chi connectivity index (χ2n) is 4.42. The van der Waals surface area contributed by atoms with Crippen LogP contribution in [0.4, 0.5) is 0 Å². The van der Waals surface area contributed by atoms with Crippen LogP contribution in [-0.4, -0.2) is 37.0 Å². The molecule has 18 heavy (non-hydrogen) atoms. The summed E-state index contributed by atoms with van der Waals surface area (Å²) in [7, 11) is 1.90. The fraction of sp³-hybridized carbons (Fsp3) is 0.462. The van der Waals surface area contributed by atoms with Gasteiger partial charge in [0.1, 0.15) is 0 Å². The Bertz CT molecular complexity index is 390. The quantitative estimate of drug-likeness (QED) is 0.800. The Labute approximate surface area is 128 Å². The summed E-state index contributed by atoms with van der Waals surface area (Å²) in [5, 5.41) is 3.34. The van der Waals surface area contributed by atoms with E-state index < -0.39 is 0 Å². The van der Waals surface area contributed by atoms with Gasteiger partial charge in [0.25, 0.3) is 5.91 Å². The lowest BCUT2D eigenvalue weighted by atomic mass is 10.1. The van der Waals surface area contributed by atoms with Crippen molar-refractivity contribution in [2.24, 2.45) is 0 Å². The number of amides is 1. The lowest BCUT2D eigenvalue weighted by molar-refractivity contribution is 0.0708. The van der Waals surface area contributed by atoms with Crippen LogP contribution >= 0.6 is 35.0 Å². The molecule has 0 unspecified atom stereocenters. The van der Waals surface area contributed by atoms with E-state index in [1.54, 1.807) is 0 Å². The number of hydrogen-bond donors (Lipinski definition) is 1. The molecule has 1 fully saturated rings. The summed E-state index contributed by atoms with van der Waals surface area (Å²) in [4.78, 5) is 14.1. The standard InChI is InChI=1S/C13H17IN2O.ClH/c1-16(12-3-2-8-15-9-12)13(17)10-4-6-11(14)7-5-10;/h4-7,12,15H,2-3,8-9H2,1H3;1H/t12-;/m0./s1. The molecule has 1 aromatic carbocycles. The molecule has 1 atom stereocenters. The molecule has 3 nitrogen and oxygen atoms in total. The maximum Gasteiger partial charge on any atom is 0.253 e. The summed E-state index contributed by atoms with van der Waals surface area (Å²) >= 11 is 2.25. The molecule has 1 N–H and O–H groups in total. The van der Waals surface area contributed by atoms with Crippen LogP contribution in [0.3, 0.4) is 0 Å². The number of nitrogens with zero attached hydrogens (tertiary/aromatic N) is 1. The van der Waals surface area contributed by atoms with Crippen LogP contribution < -0.4 is 5.32 Å². The fourth-order valence-corrected chi connectivity index (χ4v) is 2.49. The van der Waals surface area contributed by atoms with Crippen LogP contribution in [0.5, 0.6) is 0 Å². The first kappa shape index (κ1) is 15.7. The molecule has 1 aliphatic heterocycles. The van der Waals surface area contributed by atoms with Gasteiger partial charge in [-0.1, -0.05) is 0 Å². The number of hydrogen-bond acceptors (Lipinski definition) is 2. The van der Waals surface area contributed by atoms with E-state index in [9.17, 15) is 4.79 Å². The van der Waals surface area contributed by atoms with Gasteiger partial charge in [0.2, 0.25) is 0 Å². The number of nitrogens with one attached hydrogen (secondary N) is 1. The van der Waals surface area contributed by atoms with Crippen molar-refractivity contribution < 1.29 is 4.79 Å². The molecule has 1 amide bonds. The van der Waals surface area contributed by atoms with Crippen molar-refractivity contribution in [1.82, 2.24) is 10.2 Å². The van der Waals surface area contributed by atoms with Crippen LogP contribution in [0.2, 0.25) is 0 Å². The normalized spacial score (nSPS) is 18.9. The third-order valence-electron chi connectivity index (χ3n) is 3.23. The minimum absolute atomic E-state index is 0. The molecule has 0 aromatic heterocycles. The van der Waals surface area contributed by atoms with Crippen LogP contribution in [0, 0.1) is 3.57 Å². The van der Waals surface area contributed by atoms with E-state index in [-0.39, 0.29) is 18.3 Å². The van der Waals surface area contributed by atoms with Gasteiger partial charge in [-0.2, -0.15) is 0 Å². The molecule has 2 rings (SSSR count). The van der Waals surface area contributed by atoms with Crippen molar-refractivity contribution in [2.45, 2.75) is 18.9 Å². The third-order valence-corrected chi connectivity index (χ3v) is 3.95. The van der Waals surface area contributed by atoms with Gasteiger partial charge < -0.3 is 10.2 Å². The lowest BCUT2D eigenvalue weighted by Gasteiger charge is -2.31. The van der Waals surface area contributed by atoms with Crippen LogP contribution in [0.15, 0.2) is 24.3 Å². The van der Waals surface area contributed by atoms with E-state index in [4.69, 9.17) is 0 Å². The number of benzene rings is 1. The zero-order chi connectivity index (χ0) is 12.3. The third kappa shape index (κ3) is 3.83. The van der Waals surface area contributed by atoms with Crippen LogP contribution in [0.1, 0.15) is 23.2 Å². The molecule has 1 aliphatic rings. The van der Waals surface area contributed by atoms with Gasteiger partial charge in [0.05, 0.1) is 0 Å². The van der Waals surface area contributed by atoms with Crippen molar-refractivity contribution in [2.75, 3.05) is 20.1 Å². The van der Waals surface area contributed by atoms with Gasteiger partial charge in [-0.3, -0.25) is 4.79 Å². The smallest absolute Gasteiger partial charge is 0.253 e. The molecule has 1 heterocycles. The molecule has 0 bridgehead atoms. The highest BCUT2D eigenvalue weighted by atomic mass is 127. The molecule has 1 aromatic rings. The topological polar surface area (TPSA) is 32.3 Å². The lowest BCUT2D eigenvalue weighted by Crippen LogP contribution is -2.46. The van der Waals surface area contributed by atoms with E-state index in [1.165, 1.54) is 0 Å². The summed E-state index contributed by atoms with van der Waals surface area (Å²) in [5.74, 6) is 0.120. The van der Waals surface area contributed by atoms with Gasteiger partial charge in [0.15, 0.2) is 0 Å². The predicted octanol–water partition coefficient (Wildman–Crippen LogP) is 2.54. The summed E-state index contributed by atoms with van der Waals surface area (Å²) in [6, 6.07) is 8.07. The SMILES string of the molecule is CN(C(=O)c1ccc(I)cc1)[C@H]1CCCNC1.Cl. The summed E-state index contributed by atoms with van der Waals surface area (Å²) < 4.78 is 1.15. The largest absolute Gasteiger partial charge is 0.337 e. The van der Waals surface area contributed by atoms with Crippen LogP contribution in [-0.2, 0) is 0 Å². The minimum atomic E-state index is 0. The van der Waals surface area contributed by atoms with Crippen molar-refractivity contribution >= 4 is 40.9 Å². The van der Waals surface area contributed by atoms with E-state index in [2.05, 4.69) is 27.9 Å². The van der Waals surface area contributed by atoms with E-state index in [0.717, 1.165) is 35.1 Å². The number of rotatable bonds is 2. The van der Waals surface area contributed by atoms with E-state index in [1.807, 2.05) is 36.2 Å². The van der Waals surface area contributed by atoms with E-state index >= 15 is 0 Å². The van der Waals surface area contributed by atoms with Crippen molar-refractivity contribution in [3.8, 4) is 0 Å². The predicted molar refractivity (Wildman–Crippen MR) is 84.4 cm³/mol. The second kappa shape index (κ2) is 7.31. The fourth-order valence-electron chi connectivity index (χ4n) is 2.13. The molecule has 100 valence electrons. The van der Waals surface area contributed by atoms with E-state index in [0.29, 0.717) is 6.04 Å². The van der Waals surface area contributed by atoms with Gasteiger partial charge in [0, 0.05) is 28.8 Å². The molecule has 1 saturated heterocycles. The molecular formula is C13H18ClIN2O. The Morgan fingerprint density at radius 1 is 1.39 bits per heavy atom. The second-order valence-corrected chi connectivity index (χ2v) is 5.67. The molecule has 0 saturated carbocycles. The summed E-state index contributed by atoms with van der Waals surface area (Å²) in [6.45, 7) is 1.98. The van der Waals surface area contributed by atoms with Gasteiger partial charge in [-0.05, 0) is 66.2 Å². The number of carbonyl (C=O) groups is 1. The number of piperidine rings is 1. The number of carbonyl (C=O) groups excluding carboxylic acids is 1. The molecular weight excluding hydrogens is 363 g/mol. The summed E-state index contributed by atoms with van der Waals surface area (Å²) in [5.41, 5.74) is 0.776. The van der Waals surface area contributed by atoms with Crippen molar-refractivity contribution in [3.63, 3.8) is 0 Å². The maximum atomic E-state index is 12.3. The monoisotopic (exact) mass is 380 g/mol. The first-order chi connectivity index (χ1) is 8.18. The Kier molecular flexibility index (Phi) is 6.38. The van der Waals surface area contributed by atoms with Gasteiger partial charge in [-0.15, -0.1) is 12.4 Å². The van der Waals surface area contributed by atoms with Crippen molar-refractivity contribution in [1.29, 1.82) is 0 Å².